The van der Waals surface area contributed by atoms with Crippen LogP contribution < -0.4 is 0 Å². The van der Waals surface area contributed by atoms with Crippen molar-refractivity contribution >= 4 is 5.78 Å². The summed E-state index contributed by atoms with van der Waals surface area (Å²) < 4.78 is 0. The second-order valence-corrected chi connectivity index (χ2v) is 5.53. The molecule has 0 N–H and O–H groups in total. The maximum Gasteiger partial charge on any atom is 0.163 e. The van der Waals surface area contributed by atoms with Crippen LogP contribution in [0.15, 0.2) is 30.3 Å². The van der Waals surface area contributed by atoms with E-state index < -0.39 is 0 Å². The quantitative estimate of drug-likeness (QED) is 0.732. The largest absolute Gasteiger partial charge is 0.294 e. The molecular formula is C18H18O. The summed E-state index contributed by atoms with van der Waals surface area (Å²) in [7, 11) is 0. The van der Waals surface area contributed by atoms with Gasteiger partial charge in [0.25, 0.3) is 0 Å². The first-order valence-corrected chi connectivity index (χ1v) is 6.81. The summed E-state index contributed by atoms with van der Waals surface area (Å²) >= 11 is 0. The summed E-state index contributed by atoms with van der Waals surface area (Å²) in [6, 6.07) is 10.6. The summed E-state index contributed by atoms with van der Waals surface area (Å²) in [5.74, 6) is 0.291. The van der Waals surface area contributed by atoms with Gasteiger partial charge in [-0.2, -0.15) is 0 Å². The molecule has 0 radical (unpaired) electrons. The number of carbonyl (C=O) groups excluding carboxylic acids is 1. The van der Waals surface area contributed by atoms with E-state index in [1.807, 2.05) is 12.1 Å². The molecule has 1 nitrogen and oxygen atoms in total. The van der Waals surface area contributed by atoms with Crippen LogP contribution in [0.5, 0.6) is 0 Å². The first-order chi connectivity index (χ1) is 9.08. The number of carbonyl (C=O) groups is 1. The van der Waals surface area contributed by atoms with Gasteiger partial charge in [0.2, 0.25) is 0 Å². The normalized spacial score (nSPS) is 13.7. The van der Waals surface area contributed by atoms with Gasteiger partial charge in [0.15, 0.2) is 5.78 Å². The minimum Gasteiger partial charge on any atom is -0.294 e. The number of hydrogen-bond acceptors (Lipinski definition) is 1. The van der Waals surface area contributed by atoms with Crippen LogP contribution in [-0.4, -0.2) is 5.78 Å². The zero-order valence-electron chi connectivity index (χ0n) is 11.7. The molecule has 0 aromatic heterocycles. The average molecular weight is 250 g/mol. The Morgan fingerprint density at radius 2 is 1.53 bits per heavy atom. The number of fused-ring (bicyclic) bond motifs is 1. The van der Waals surface area contributed by atoms with E-state index in [9.17, 15) is 4.79 Å². The molecule has 1 aliphatic carbocycles. The second kappa shape index (κ2) is 4.34. The molecule has 0 saturated heterocycles. The number of Topliss-reactive ketones (excluding diaryl/α,β-unsaturated/α-hetero) is 1. The lowest BCUT2D eigenvalue weighted by atomic mass is 9.89. The SMILES string of the molecule is Cc1cc(C)c(-c2cccc3c2CCC3=O)c(C)c1. The number of rotatable bonds is 1. The number of aryl methyl sites for hydroxylation is 3. The molecule has 1 aliphatic rings. The van der Waals surface area contributed by atoms with Gasteiger partial charge in [0, 0.05) is 12.0 Å². The van der Waals surface area contributed by atoms with E-state index in [0.29, 0.717) is 12.2 Å². The molecule has 0 aliphatic heterocycles. The Kier molecular flexibility index (Phi) is 2.78. The van der Waals surface area contributed by atoms with E-state index in [2.05, 4.69) is 39.0 Å². The first kappa shape index (κ1) is 12.2. The highest BCUT2D eigenvalue weighted by atomic mass is 16.1. The summed E-state index contributed by atoms with van der Waals surface area (Å²) in [6.45, 7) is 6.44. The van der Waals surface area contributed by atoms with Crippen LogP contribution in [0.4, 0.5) is 0 Å². The van der Waals surface area contributed by atoms with E-state index in [4.69, 9.17) is 0 Å². The maximum absolute atomic E-state index is 11.9. The summed E-state index contributed by atoms with van der Waals surface area (Å²) in [5.41, 5.74) is 8.60. The molecule has 0 saturated carbocycles. The van der Waals surface area contributed by atoms with Crippen molar-refractivity contribution in [1.82, 2.24) is 0 Å². The van der Waals surface area contributed by atoms with Crippen molar-refractivity contribution < 1.29 is 4.79 Å². The summed E-state index contributed by atoms with van der Waals surface area (Å²) in [5, 5.41) is 0. The van der Waals surface area contributed by atoms with Crippen molar-refractivity contribution in [3.05, 3.63) is 58.1 Å². The number of ketones is 1. The lowest BCUT2D eigenvalue weighted by Gasteiger charge is -2.15. The van der Waals surface area contributed by atoms with E-state index in [-0.39, 0.29) is 0 Å². The average Bonchev–Trinajstić information content (AvgIpc) is 2.71. The van der Waals surface area contributed by atoms with Crippen LogP contribution in [0, 0.1) is 20.8 Å². The van der Waals surface area contributed by atoms with Crippen LogP contribution in [-0.2, 0) is 6.42 Å². The van der Waals surface area contributed by atoms with Crippen molar-refractivity contribution in [1.29, 1.82) is 0 Å². The molecule has 0 fully saturated rings. The van der Waals surface area contributed by atoms with Crippen LogP contribution in [0.3, 0.4) is 0 Å². The fourth-order valence-electron chi connectivity index (χ4n) is 3.33. The van der Waals surface area contributed by atoms with Gasteiger partial charge in [-0.05, 0) is 55.0 Å². The van der Waals surface area contributed by atoms with Crippen LogP contribution in [0.1, 0.15) is 39.0 Å². The highest BCUT2D eigenvalue weighted by molar-refractivity contribution is 6.02. The third-order valence-electron chi connectivity index (χ3n) is 4.02. The molecule has 0 atom stereocenters. The maximum atomic E-state index is 11.9. The monoisotopic (exact) mass is 250 g/mol. The fourth-order valence-corrected chi connectivity index (χ4v) is 3.33. The van der Waals surface area contributed by atoms with Gasteiger partial charge >= 0.3 is 0 Å². The molecular weight excluding hydrogens is 232 g/mol. The zero-order chi connectivity index (χ0) is 13.6. The number of hydrogen-bond donors (Lipinski definition) is 0. The summed E-state index contributed by atoms with van der Waals surface area (Å²) in [4.78, 5) is 11.9. The Morgan fingerprint density at radius 1 is 0.895 bits per heavy atom. The van der Waals surface area contributed by atoms with Gasteiger partial charge in [-0.3, -0.25) is 4.79 Å². The van der Waals surface area contributed by atoms with Crippen LogP contribution in [0.25, 0.3) is 11.1 Å². The molecule has 0 spiro atoms. The minimum absolute atomic E-state index is 0.291. The van der Waals surface area contributed by atoms with Crippen molar-refractivity contribution in [3.63, 3.8) is 0 Å². The molecule has 0 bridgehead atoms. The molecule has 0 unspecified atom stereocenters. The van der Waals surface area contributed by atoms with Crippen LogP contribution in [0.2, 0.25) is 0 Å². The molecule has 1 heteroatoms. The van der Waals surface area contributed by atoms with E-state index in [1.54, 1.807) is 0 Å². The predicted molar refractivity (Wildman–Crippen MR) is 78.7 cm³/mol. The third kappa shape index (κ3) is 1.90. The Hall–Kier alpha value is -1.89. The van der Waals surface area contributed by atoms with E-state index >= 15 is 0 Å². The zero-order valence-corrected chi connectivity index (χ0v) is 11.7. The van der Waals surface area contributed by atoms with E-state index in [1.165, 1.54) is 33.4 Å². The van der Waals surface area contributed by atoms with Gasteiger partial charge < -0.3 is 0 Å². The Morgan fingerprint density at radius 3 is 2.21 bits per heavy atom. The van der Waals surface area contributed by atoms with Gasteiger partial charge in [0.1, 0.15) is 0 Å². The standard InChI is InChI=1S/C18H18O/c1-11-9-12(2)18(13(3)10-11)16-6-4-5-15-14(16)7-8-17(15)19/h4-6,9-10H,7-8H2,1-3H3. The molecule has 19 heavy (non-hydrogen) atoms. The lowest BCUT2D eigenvalue weighted by Crippen LogP contribution is -1.96. The van der Waals surface area contributed by atoms with Crippen molar-refractivity contribution in [2.75, 3.05) is 0 Å². The van der Waals surface area contributed by atoms with Crippen molar-refractivity contribution in [3.8, 4) is 11.1 Å². The van der Waals surface area contributed by atoms with Gasteiger partial charge in [-0.15, -0.1) is 0 Å². The molecule has 2 aromatic rings. The molecule has 3 rings (SSSR count). The van der Waals surface area contributed by atoms with E-state index in [0.717, 1.165) is 12.0 Å². The molecule has 0 heterocycles. The topological polar surface area (TPSA) is 17.1 Å². The second-order valence-electron chi connectivity index (χ2n) is 5.53. The fraction of sp³-hybridized carbons (Fsp3) is 0.278. The smallest absolute Gasteiger partial charge is 0.163 e. The molecule has 2 aromatic carbocycles. The first-order valence-electron chi connectivity index (χ1n) is 6.81. The number of benzene rings is 2. The lowest BCUT2D eigenvalue weighted by molar-refractivity contribution is 0.0994. The van der Waals surface area contributed by atoms with Crippen LogP contribution >= 0.6 is 0 Å². The van der Waals surface area contributed by atoms with Gasteiger partial charge in [-0.1, -0.05) is 35.9 Å². The molecule has 0 amide bonds. The third-order valence-corrected chi connectivity index (χ3v) is 4.02. The molecule has 96 valence electrons. The Labute approximate surface area is 114 Å². The minimum atomic E-state index is 0.291. The highest BCUT2D eigenvalue weighted by Crippen LogP contribution is 2.36. The Balaban J connectivity index is 2.28. The highest BCUT2D eigenvalue weighted by Gasteiger charge is 2.23. The van der Waals surface area contributed by atoms with Gasteiger partial charge in [-0.25, -0.2) is 0 Å². The van der Waals surface area contributed by atoms with Gasteiger partial charge in [0.05, 0.1) is 0 Å². The summed E-state index contributed by atoms with van der Waals surface area (Å²) in [6.07, 6.45) is 1.55. The van der Waals surface area contributed by atoms with Crippen molar-refractivity contribution in [2.24, 2.45) is 0 Å². The Bertz CT molecular complexity index is 657. The predicted octanol–water partition coefficient (Wildman–Crippen LogP) is 4.41. The van der Waals surface area contributed by atoms with Crippen molar-refractivity contribution in [2.45, 2.75) is 33.6 Å².